The lowest BCUT2D eigenvalue weighted by Gasteiger charge is -2.37. The molecular weight excluding hydrogens is 463 g/mol. The van der Waals surface area contributed by atoms with Crippen LogP contribution in [0.15, 0.2) is 24.3 Å². The molecule has 0 radical (unpaired) electrons. The summed E-state index contributed by atoms with van der Waals surface area (Å²) in [7, 11) is 0. The summed E-state index contributed by atoms with van der Waals surface area (Å²) >= 11 is 0. The zero-order valence-corrected chi connectivity index (χ0v) is 20.7. The molecule has 0 saturated heterocycles. The fourth-order valence-corrected chi connectivity index (χ4v) is 5.91. The van der Waals surface area contributed by atoms with Crippen molar-refractivity contribution in [1.82, 2.24) is 0 Å². The van der Waals surface area contributed by atoms with Crippen molar-refractivity contribution in [3.8, 4) is 5.75 Å². The third-order valence-corrected chi connectivity index (χ3v) is 8.17. The lowest BCUT2D eigenvalue weighted by molar-refractivity contribution is -0.289. The van der Waals surface area contributed by atoms with Gasteiger partial charge in [-0.15, -0.1) is 0 Å². The molecule has 0 aromatic heterocycles. The molecule has 0 spiro atoms. The van der Waals surface area contributed by atoms with Gasteiger partial charge >= 0.3 is 18.1 Å². The predicted molar refractivity (Wildman–Crippen MR) is 126 cm³/mol. The maximum Gasteiger partial charge on any atom is 0.458 e. The Bertz CT molecular complexity index is 774. The highest BCUT2D eigenvalue weighted by atomic mass is 19.4. The monoisotopic (exact) mass is 502 g/mol. The highest BCUT2D eigenvalue weighted by Crippen LogP contribution is 2.45. The van der Waals surface area contributed by atoms with Gasteiger partial charge in [0.1, 0.15) is 5.75 Å². The van der Waals surface area contributed by atoms with Gasteiger partial charge in [0, 0.05) is 5.56 Å². The van der Waals surface area contributed by atoms with E-state index in [0.29, 0.717) is 18.1 Å². The Labute approximate surface area is 206 Å². The van der Waals surface area contributed by atoms with E-state index in [1.54, 1.807) is 0 Å². The van der Waals surface area contributed by atoms with E-state index in [1.807, 2.05) is 0 Å². The van der Waals surface area contributed by atoms with Crippen LogP contribution in [0.25, 0.3) is 0 Å². The van der Waals surface area contributed by atoms with Gasteiger partial charge in [0.2, 0.25) is 0 Å². The molecule has 35 heavy (non-hydrogen) atoms. The SMILES string of the molecule is CCCCCCC[C@H]1CC[C@H]([C@H]2CC[C@H](C(=O)Oc3ccc(C(F)(F)C(F)(F)F)cc3)CC2)CC1. The highest BCUT2D eigenvalue weighted by molar-refractivity contribution is 5.75. The van der Waals surface area contributed by atoms with Gasteiger partial charge in [-0.2, -0.15) is 22.0 Å². The molecule has 2 aliphatic carbocycles. The van der Waals surface area contributed by atoms with E-state index in [0.717, 1.165) is 49.7 Å². The van der Waals surface area contributed by atoms with Crippen molar-refractivity contribution in [2.45, 2.75) is 109 Å². The molecule has 198 valence electrons. The molecule has 0 aliphatic heterocycles. The van der Waals surface area contributed by atoms with Gasteiger partial charge in [-0.1, -0.05) is 58.3 Å². The van der Waals surface area contributed by atoms with E-state index in [9.17, 15) is 26.7 Å². The van der Waals surface area contributed by atoms with E-state index in [4.69, 9.17) is 4.74 Å². The lowest BCUT2D eigenvalue weighted by Crippen LogP contribution is -2.33. The van der Waals surface area contributed by atoms with Gasteiger partial charge in [-0.05, 0) is 80.5 Å². The van der Waals surface area contributed by atoms with Crippen LogP contribution in [0.1, 0.15) is 102 Å². The highest BCUT2D eigenvalue weighted by Gasteiger charge is 2.58. The number of halogens is 5. The van der Waals surface area contributed by atoms with Crippen molar-refractivity contribution in [3.05, 3.63) is 29.8 Å². The average Bonchev–Trinajstić information content (AvgIpc) is 2.84. The van der Waals surface area contributed by atoms with Crippen molar-refractivity contribution in [2.24, 2.45) is 23.7 Å². The lowest BCUT2D eigenvalue weighted by atomic mass is 9.68. The van der Waals surface area contributed by atoms with Gasteiger partial charge in [-0.25, -0.2) is 0 Å². The molecule has 1 aromatic carbocycles. The molecule has 7 heteroatoms. The summed E-state index contributed by atoms with van der Waals surface area (Å²) in [5.74, 6) is -3.36. The van der Waals surface area contributed by atoms with Crippen LogP contribution in [-0.4, -0.2) is 12.1 Å². The zero-order valence-electron chi connectivity index (χ0n) is 20.7. The second-order valence-electron chi connectivity index (χ2n) is 10.6. The predicted octanol–water partition coefficient (Wildman–Crippen LogP) is 9.22. The van der Waals surface area contributed by atoms with Gasteiger partial charge < -0.3 is 4.74 Å². The van der Waals surface area contributed by atoms with Gasteiger partial charge in [0.05, 0.1) is 5.92 Å². The number of rotatable bonds is 10. The Hall–Kier alpha value is -1.66. The molecule has 0 amide bonds. The number of hydrogen-bond donors (Lipinski definition) is 0. The molecule has 0 atom stereocenters. The van der Waals surface area contributed by atoms with Crippen molar-refractivity contribution in [3.63, 3.8) is 0 Å². The molecule has 1 aromatic rings. The summed E-state index contributed by atoms with van der Waals surface area (Å²) in [6, 6.07) is 3.32. The molecule has 3 rings (SSSR count). The van der Waals surface area contributed by atoms with Crippen molar-refractivity contribution in [2.75, 3.05) is 0 Å². The minimum absolute atomic E-state index is 0.00753. The van der Waals surface area contributed by atoms with Gasteiger partial charge in [0.25, 0.3) is 0 Å². The first kappa shape index (κ1) is 27.9. The van der Waals surface area contributed by atoms with Crippen LogP contribution >= 0.6 is 0 Å². The van der Waals surface area contributed by atoms with E-state index in [2.05, 4.69) is 6.92 Å². The molecule has 0 unspecified atom stereocenters. The molecule has 0 N–H and O–H groups in total. The summed E-state index contributed by atoms with van der Waals surface area (Å²) < 4.78 is 69.7. The van der Waals surface area contributed by atoms with E-state index < -0.39 is 23.6 Å². The largest absolute Gasteiger partial charge is 0.458 e. The van der Waals surface area contributed by atoms with Crippen LogP contribution in [0, 0.1) is 23.7 Å². The minimum Gasteiger partial charge on any atom is -0.426 e. The standard InChI is InChI=1S/C28H39F5O2/c1-2-3-4-5-6-7-20-8-10-21(11-9-20)22-12-14-23(15-13-22)26(34)35-25-18-16-24(17-19-25)27(29,30)28(31,32)33/h16-23H,2-15H2,1H3/t20-,21-,22-,23-. The zero-order chi connectivity index (χ0) is 25.5. The summed E-state index contributed by atoms with van der Waals surface area (Å²) in [6.07, 6.45) is 11.1. The van der Waals surface area contributed by atoms with Crippen molar-refractivity contribution >= 4 is 5.97 Å². The number of carbonyl (C=O) groups excluding carboxylic acids is 1. The normalized spacial score (nSPS) is 25.9. The number of benzene rings is 1. The number of unbranched alkanes of at least 4 members (excludes halogenated alkanes) is 4. The summed E-state index contributed by atoms with van der Waals surface area (Å²) in [5, 5.41) is 0. The molecule has 2 nitrogen and oxygen atoms in total. The first-order valence-electron chi connectivity index (χ1n) is 13.4. The van der Waals surface area contributed by atoms with Crippen LogP contribution in [0.3, 0.4) is 0 Å². The maximum absolute atomic E-state index is 13.4. The minimum atomic E-state index is -5.67. The Kier molecular flexibility index (Phi) is 10.00. The number of hydrogen-bond acceptors (Lipinski definition) is 2. The fraction of sp³-hybridized carbons (Fsp3) is 0.750. The maximum atomic E-state index is 13.4. The van der Waals surface area contributed by atoms with E-state index in [1.165, 1.54) is 64.2 Å². The van der Waals surface area contributed by atoms with Crippen LogP contribution < -0.4 is 4.74 Å². The molecule has 2 fully saturated rings. The molecule has 2 aliphatic rings. The number of carbonyl (C=O) groups is 1. The van der Waals surface area contributed by atoms with Gasteiger partial charge in [-0.3, -0.25) is 4.79 Å². The molecule has 2 saturated carbocycles. The third kappa shape index (κ3) is 7.66. The second kappa shape index (κ2) is 12.5. The van der Waals surface area contributed by atoms with Crippen LogP contribution in [-0.2, 0) is 10.7 Å². The third-order valence-electron chi connectivity index (χ3n) is 8.17. The summed E-state index contributed by atoms with van der Waals surface area (Å²) in [4.78, 5) is 12.6. The van der Waals surface area contributed by atoms with E-state index in [-0.39, 0.29) is 11.7 Å². The number of alkyl halides is 5. The van der Waals surface area contributed by atoms with Gasteiger partial charge in [0.15, 0.2) is 0 Å². The van der Waals surface area contributed by atoms with Crippen LogP contribution in [0.2, 0.25) is 0 Å². The Morgan fingerprint density at radius 1 is 0.800 bits per heavy atom. The average molecular weight is 503 g/mol. The van der Waals surface area contributed by atoms with Crippen molar-refractivity contribution < 1.29 is 31.5 Å². The molecule has 0 heterocycles. The quantitative estimate of drug-likeness (QED) is 0.138. The Morgan fingerprint density at radius 2 is 1.34 bits per heavy atom. The van der Waals surface area contributed by atoms with Crippen LogP contribution in [0.5, 0.6) is 5.75 Å². The molecule has 0 bridgehead atoms. The van der Waals surface area contributed by atoms with Crippen molar-refractivity contribution in [1.29, 1.82) is 0 Å². The first-order chi connectivity index (χ1) is 16.6. The number of ether oxygens (including phenoxy) is 1. The fourth-order valence-electron chi connectivity index (χ4n) is 5.91. The summed E-state index contributed by atoms with van der Waals surface area (Å²) in [5.41, 5.74) is -1.17. The smallest absolute Gasteiger partial charge is 0.426 e. The Morgan fingerprint density at radius 3 is 1.89 bits per heavy atom. The molecular formula is C28H39F5O2. The number of esters is 1. The Balaban J connectivity index is 1.38. The summed E-state index contributed by atoms with van der Waals surface area (Å²) in [6.45, 7) is 2.24. The van der Waals surface area contributed by atoms with E-state index >= 15 is 0 Å². The van der Waals surface area contributed by atoms with Crippen LogP contribution in [0.4, 0.5) is 22.0 Å². The topological polar surface area (TPSA) is 26.3 Å². The first-order valence-corrected chi connectivity index (χ1v) is 13.4. The second-order valence-corrected chi connectivity index (χ2v) is 10.6.